The van der Waals surface area contributed by atoms with Crippen LogP contribution in [0.1, 0.15) is 5.56 Å². The summed E-state index contributed by atoms with van der Waals surface area (Å²) >= 11 is 9.09. The van der Waals surface area contributed by atoms with Crippen molar-refractivity contribution in [2.24, 2.45) is 0 Å². The highest BCUT2D eigenvalue weighted by Crippen LogP contribution is 2.29. The lowest BCUT2D eigenvalue weighted by molar-refractivity contribution is 0.716. The predicted octanol–water partition coefficient (Wildman–Crippen LogP) is 4.90. The van der Waals surface area contributed by atoms with Gasteiger partial charge in [0.05, 0.1) is 11.4 Å². The van der Waals surface area contributed by atoms with E-state index >= 15 is 0 Å². The molecule has 2 heterocycles. The smallest absolute Gasteiger partial charge is 0.192 e. The van der Waals surface area contributed by atoms with Gasteiger partial charge in [0.2, 0.25) is 0 Å². The van der Waals surface area contributed by atoms with Crippen molar-refractivity contribution in [3.8, 4) is 10.7 Å². The van der Waals surface area contributed by atoms with Crippen LogP contribution in [0.25, 0.3) is 10.7 Å². The zero-order chi connectivity index (χ0) is 15.4. The Morgan fingerprint density at radius 2 is 2.00 bits per heavy atom. The Kier molecular flexibility index (Phi) is 4.97. The Hall–Kier alpha value is -1.56. The van der Waals surface area contributed by atoms with E-state index in [-0.39, 0.29) is 0 Å². The van der Waals surface area contributed by atoms with Crippen LogP contribution in [0.15, 0.2) is 64.6 Å². The topological polar surface area (TPSA) is 30.7 Å². The quantitative estimate of drug-likeness (QED) is 0.594. The number of thiophene rings is 1. The molecular weight excluding hydrogens is 334 g/mol. The first-order valence-electron chi connectivity index (χ1n) is 6.71. The largest absolute Gasteiger partial charge is 0.297 e. The summed E-state index contributed by atoms with van der Waals surface area (Å²) in [6, 6.07) is 14.4. The Labute approximate surface area is 142 Å². The molecule has 0 N–H and O–H groups in total. The van der Waals surface area contributed by atoms with Crippen molar-refractivity contribution in [1.29, 1.82) is 0 Å². The number of thioether (sulfide) groups is 1. The maximum Gasteiger partial charge on any atom is 0.192 e. The van der Waals surface area contributed by atoms with E-state index in [2.05, 4.69) is 39.5 Å². The molecule has 0 amide bonds. The van der Waals surface area contributed by atoms with E-state index in [0.717, 1.165) is 22.4 Å². The molecule has 0 saturated carbocycles. The second-order valence-electron chi connectivity index (χ2n) is 4.66. The van der Waals surface area contributed by atoms with Crippen LogP contribution in [-0.2, 0) is 6.54 Å². The predicted molar refractivity (Wildman–Crippen MR) is 94.6 cm³/mol. The summed E-state index contributed by atoms with van der Waals surface area (Å²) in [5, 5.41) is 12.2. The molecule has 1 aromatic carbocycles. The van der Waals surface area contributed by atoms with Crippen LogP contribution in [0, 0.1) is 0 Å². The third kappa shape index (κ3) is 3.61. The van der Waals surface area contributed by atoms with Crippen molar-refractivity contribution in [2.75, 3.05) is 5.75 Å². The SMILES string of the molecule is C=C(Cl)CSc1nnc(-c2cccs2)n1Cc1ccccc1. The summed E-state index contributed by atoms with van der Waals surface area (Å²) in [6.45, 7) is 4.46. The maximum absolute atomic E-state index is 5.88. The van der Waals surface area contributed by atoms with Crippen molar-refractivity contribution < 1.29 is 0 Å². The second-order valence-corrected chi connectivity index (χ2v) is 7.09. The van der Waals surface area contributed by atoms with Crippen LogP contribution in [0.4, 0.5) is 0 Å². The number of hydrogen-bond acceptors (Lipinski definition) is 4. The van der Waals surface area contributed by atoms with Gasteiger partial charge in [0.25, 0.3) is 0 Å². The molecule has 3 rings (SSSR count). The summed E-state index contributed by atoms with van der Waals surface area (Å²) in [5.74, 6) is 1.51. The zero-order valence-electron chi connectivity index (χ0n) is 11.8. The summed E-state index contributed by atoms with van der Waals surface area (Å²) in [6.07, 6.45) is 0. The molecule has 2 aromatic heterocycles. The Morgan fingerprint density at radius 1 is 1.18 bits per heavy atom. The lowest BCUT2D eigenvalue weighted by Gasteiger charge is -2.09. The van der Waals surface area contributed by atoms with E-state index in [1.54, 1.807) is 23.1 Å². The number of rotatable bonds is 6. The Bertz CT molecular complexity index is 751. The minimum absolute atomic E-state index is 0.608. The van der Waals surface area contributed by atoms with Crippen molar-refractivity contribution >= 4 is 34.7 Å². The molecule has 3 nitrogen and oxygen atoms in total. The van der Waals surface area contributed by atoms with E-state index in [9.17, 15) is 0 Å². The van der Waals surface area contributed by atoms with Crippen LogP contribution in [0.2, 0.25) is 0 Å². The minimum Gasteiger partial charge on any atom is -0.297 e. The van der Waals surface area contributed by atoms with Gasteiger partial charge in [-0.15, -0.1) is 21.5 Å². The molecule has 22 heavy (non-hydrogen) atoms. The van der Waals surface area contributed by atoms with Crippen LogP contribution in [0.5, 0.6) is 0 Å². The maximum atomic E-state index is 5.88. The van der Waals surface area contributed by atoms with Gasteiger partial charge in [-0.25, -0.2) is 0 Å². The van der Waals surface area contributed by atoms with Crippen LogP contribution in [-0.4, -0.2) is 20.5 Å². The lowest BCUT2D eigenvalue weighted by Crippen LogP contribution is -2.03. The van der Waals surface area contributed by atoms with Gasteiger partial charge in [0, 0.05) is 10.8 Å². The molecule has 0 atom stereocenters. The number of nitrogens with zero attached hydrogens (tertiary/aromatic N) is 3. The first-order valence-corrected chi connectivity index (χ1v) is 8.95. The zero-order valence-corrected chi connectivity index (χ0v) is 14.2. The van der Waals surface area contributed by atoms with Gasteiger partial charge in [-0.3, -0.25) is 4.57 Å². The molecule has 0 unspecified atom stereocenters. The molecule has 0 fully saturated rings. The monoisotopic (exact) mass is 347 g/mol. The fourth-order valence-corrected chi connectivity index (χ4v) is 3.61. The molecule has 0 aliphatic rings. The third-order valence-corrected chi connectivity index (χ3v) is 5.21. The van der Waals surface area contributed by atoms with Gasteiger partial charge in [-0.05, 0) is 17.0 Å². The fraction of sp³-hybridized carbons (Fsp3) is 0.125. The second kappa shape index (κ2) is 7.13. The van der Waals surface area contributed by atoms with Crippen molar-refractivity contribution in [3.63, 3.8) is 0 Å². The molecule has 3 aromatic rings. The third-order valence-electron chi connectivity index (χ3n) is 3.00. The molecule has 6 heteroatoms. The minimum atomic E-state index is 0.608. The normalized spacial score (nSPS) is 10.8. The average molecular weight is 348 g/mol. The van der Waals surface area contributed by atoms with Crippen LogP contribution in [0.3, 0.4) is 0 Å². The first-order chi connectivity index (χ1) is 10.7. The summed E-state index contributed by atoms with van der Waals surface area (Å²) in [5.41, 5.74) is 1.21. The van der Waals surface area contributed by atoms with Gasteiger partial charge < -0.3 is 0 Å². The molecule has 112 valence electrons. The number of hydrogen-bond donors (Lipinski definition) is 0. The molecule has 0 aliphatic carbocycles. The highest BCUT2D eigenvalue weighted by molar-refractivity contribution is 7.99. The van der Waals surface area contributed by atoms with Gasteiger partial charge in [0.15, 0.2) is 11.0 Å². The first kappa shape index (κ1) is 15.3. The van der Waals surface area contributed by atoms with E-state index in [1.807, 2.05) is 29.6 Å². The highest BCUT2D eigenvalue weighted by atomic mass is 35.5. The summed E-state index contributed by atoms with van der Waals surface area (Å²) in [7, 11) is 0. The van der Waals surface area contributed by atoms with E-state index in [0.29, 0.717) is 10.8 Å². The van der Waals surface area contributed by atoms with Crippen LogP contribution < -0.4 is 0 Å². The lowest BCUT2D eigenvalue weighted by atomic mass is 10.2. The summed E-state index contributed by atoms with van der Waals surface area (Å²) in [4.78, 5) is 1.11. The summed E-state index contributed by atoms with van der Waals surface area (Å²) < 4.78 is 2.13. The number of aromatic nitrogens is 3. The Balaban J connectivity index is 1.95. The molecule has 0 radical (unpaired) electrons. The van der Waals surface area contributed by atoms with Gasteiger partial charge in [-0.2, -0.15) is 0 Å². The van der Waals surface area contributed by atoms with Crippen LogP contribution >= 0.6 is 34.7 Å². The fourth-order valence-electron chi connectivity index (χ4n) is 2.03. The molecule has 0 saturated heterocycles. The Morgan fingerprint density at radius 3 is 2.68 bits per heavy atom. The van der Waals surface area contributed by atoms with E-state index < -0.39 is 0 Å². The number of benzene rings is 1. The van der Waals surface area contributed by atoms with E-state index in [1.165, 1.54) is 5.56 Å². The van der Waals surface area contributed by atoms with Gasteiger partial charge in [-0.1, -0.05) is 66.3 Å². The number of halogens is 1. The van der Waals surface area contributed by atoms with Crippen molar-refractivity contribution in [2.45, 2.75) is 11.7 Å². The van der Waals surface area contributed by atoms with Crippen molar-refractivity contribution in [3.05, 3.63) is 65.0 Å². The molecule has 0 bridgehead atoms. The molecular formula is C16H14ClN3S2. The molecule has 0 spiro atoms. The standard InChI is InChI=1S/C16H14ClN3S2/c1-12(17)11-22-16-19-18-15(14-8-5-9-21-14)20(16)10-13-6-3-2-4-7-13/h2-9H,1,10-11H2. The average Bonchev–Trinajstić information content (AvgIpc) is 3.16. The van der Waals surface area contributed by atoms with Crippen molar-refractivity contribution in [1.82, 2.24) is 14.8 Å². The van der Waals surface area contributed by atoms with Gasteiger partial charge >= 0.3 is 0 Å². The highest BCUT2D eigenvalue weighted by Gasteiger charge is 2.15. The molecule has 0 aliphatic heterocycles. The van der Waals surface area contributed by atoms with Gasteiger partial charge in [0.1, 0.15) is 0 Å². The van der Waals surface area contributed by atoms with E-state index in [4.69, 9.17) is 11.6 Å².